The van der Waals surface area contributed by atoms with Gasteiger partial charge in [-0.15, -0.1) is 0 Å². The number of hydrogen-bond donors (Lipinski definition) is 0. The molecule has 26 heavy (non-hydrogen) atoms. The van der Waals surface area contributed by atoms with Crippen molar-refractivity contribution in [3.63, 3.8) is 0 Å². The van der Waals surface area contributed by atoms with Gasteiger partial charge in [0.05, 0.1) is 33.3 Å². The first kappa shape index (κ1) is 21.2. The first-order valence-electron chi connectivity index (χ1n) is 9.44. The van der Waals surface area contributed by atoms with E-state index in [1.54, 1.807) is 13.2 Å². The molecule has 1 aromatic carbocycles. The highest BCUT2D eigenvalue weighted by molar-refractivity contribution is 5.87. The quantitative estimate of drug-likeness (QED) is 0.274. The SMILES string of the molecule is COc1ccc(/C=C/C(=O)OC[C@@H]2CCC[N+]3(C)CCCC[C@H]23)cc1.[I-]. The number of esters is 1. The van der Waals surface area contributed by atoms with Crippen LogP contribution in [0.5, 0.6) is 5.75 Å². The molecule has 2 heterocycles. The van der Waals surface area contributed by atoms with Gasteiger partial charge in [-0.3, -0.25) is 0 Å². The van der Waals surface area contributed by atoms with Gasteiger partial charge in [-0.1, -0.05) is 12.1 Å². The van der Waals surface area contributed by atoms with Gasteiger partial charge in [-0.05, 0) is 49.5 Å². The number of quaternary nitrogens is 1. The van der Waals surface area contributed by atoms with Gasteiger partial charge in [0.25, 0.3) is 0 Å². The summed E-state index contributed by atoms with van der Waals surface area (Å²) in [6.07, 6.45) is 9.69. The minimum Gasteiger partial charge on any atom is -1.00 e. The lowest BCUT2D eigenvalue weighted by atomic mass is 9.82. The van der Waals surface area contributed by atoms with Gasteiger partial charge in [-0.25, -0.2) is 4.79 Å². The Balaban J connectivity index is 0.00000243. The smallest absolute Gasteiger partial charge is 0.330 e. The van der Waals surface area contributed by atoms with Gasteiger partial charge in [0.15, 0.2) is 0 Å². The second-order valence-electron chi connectivity index (χ2n) is 7.63. The number of carbonyl (C=O) groups excluding carboxylic acids is 1. The third-order valence-corrected chi connectivity index (χ3v) is 5.97. The molecule has 0 bridgehead atoms. The summed E-state index contributed by atoms with van der Waals surface area (Å²) in [6.45, 7) is 3.13. The molecular weight excluding hydrogens is 441 g/mol. The summed E-state index contributed by atoms with van der Waals surface area (Å²) in [7, 11) is 4.03. The van der Waals surface area contributed by atoms with Crippen molar-refractivity contribution in [3.05, 3.63) is 35.9 Å². The highest BCUT2D eigenvalue weighted by Gasteiger charge is 2.43. The Kier molecular flexibility index (Phi) is 7.95. The van der Waals surface area contributed by atoms with Crippen LogP contribution in [0.25, 0.3) is 6.08 Å². The van der Waals surface area contributed by atoms with Crippen LogP contribution in [0.3, 0.4) is 0 Å². The van der Waals surface area contributed by atoms with E-state index in [2.05, 4.69) is 7.05 Å². The molecule has 4 nitrogen and oxygen atoms in total. The van der Waals surface area contributed by atoms with Crippen LogP contribution in [0, 0.1) is 5.92 Å². The van der Waals surface area contributed by atoms with Crippen molar-refractivity contribution in [1.29, 1.82) is 0 Å². The third-order valence-electron chi connectivity index (χ3n) is 5.97. The highest BCUT2D eigenvalue weighted by Crippen LogP contribution is 2.36. The van der Waals surface area contributed by atoms with Gasteiger partial charge < -0.3 is 37.9 Å². The molecule has 0 radical (unpaired) electrons. The summed E-state index contributed by atoms with van der Waals surface area (Å²) in [4.78, 5) is 12.1. The zero-order chi connectivity index (χ0) is 17.7. The van der Waals surface area contributed by atoms with Crippen molar-refractivity contribution in [2.45, 2.75) is 38.1 Å². The number of ether oxygens (including phenoxy) is 2. The largest absolute Gasteiger partial charge is 1.00 e. The summed E-state index contributed by atoms with van der Waals surface area (Å²) < 4.78 is 11.9. The monoisotopic (exact) mass is 471 g/mol. The second-order valence-corrected chi connectivity index (χ2v) is 7.63. The van der Waals surface area contributed by atoms with E-state index < -0.39 is 0 Å². The van der Waals surface area contributed by atoms with E-state index in [9.17, 15) is 4.79 Å². The van der Waals surface area contributed by atoms with E-state index in [0.29, 0.717) is 18.6 Å². The van der Waals surface area contributed by atoms with Gasteiger partial charge in [-0.2, -0.15) is 0 Å². The zero-order valence-corrected chi connectivity index (χ0v) is 18.0. The highest BCUT2D eigenvalue weighted by atomic mass is 127. The molecular formula is C21H30INO3. The Labute approximate surface area is 174 Å². The van der Waals surface area contributed by atoms with E-state index in [1.807, 2.05) is 24.3 Å². The molecule has 0 aromatic heterocycles. The molecule has 1 aromatic rings. The van der Waals surface area contributed by atoms with Crippen molar-refractivity contribution in [2.24, 2.45) is 5.92 Å². The molecule has 2 saturated heterocycles. The number of halogens is 1. The Morgan fingerprint density at radius 3 is 2.62 bits per heavy atom. The number of benzene rings is 1. The van der Waals surface area contributed by atoms with Crippen LogP contribution in [-0.2, 0) is 9.53 Å². The zero-order valence-electron chi connectivity index (χ0n) is 15.8. The summed E-state index contributed by atoms with van der Waals surface area (Å²) in [5.74, 6) is 1.08. The maximum Gasteiger partial charge on any atom is 0.330 e. The molecule has 2 aliphatic heterocycles. The fourth-order valence-electron chi connectivity index (χ4n) is 4.54. The lowest BCUT2D eigenvalue weighted by Gasteiger charge is -2.51. The van der Waals surface area contributed by atoms with Crippen LogP contribution >= 0.6 is 0 Å². The van der Waals surface area contributed by atoms with Crippen LogP contribution in [-0.4, -0.2) is 50.3 Å². The van der Waals surface area contributed by atoms with Crippen LogP contribution in [0.15, 0.2) is 30.3 Å². The summed E-state index contributed by atoms with van der Waals surface area (Å²) in [5, 5.41) is 0. The van der Waals surface area contributed by atoms with Crippen LogP contribution in [0.2, 0.25) is 0 Å². The van der Waals surface area contributed by atoms with Crippen molar-refractivity contribution in [2.75, 3.05) is 33.9 Å². The Morgan fingerprint density at radius 2 is 1.88 bits per heavy atom. The fourth-order valence-corrected chi connectivity index (χ4v) is 4.54. The van der Waals surface area contributed by atoms with Gasteiger partial charge >= 0.3 is 5.97 Å². The molecule has 3 atom stereocenters. The van der Waals surface area contributed by atoms with Gasteiger partial charge in [0, 0.05) is 18.4 Å². The Hall–Kier alpha value is -1.08. The molecule has 2 aliphatic rings. The van der Waals surface area contributed by atoms with E-state index in [0.717, 1.165) is 11.3 Å². The average molecular weight is 471 g/mol. The average Bonchev–Trinajstić information content (AvgIpc) is 2.64. The number of carbonyl (C=O) groups is 1. The summed E-state index contributed by atoms with van der Waals surface area (Å²) in [5.41, 5.74) is 0.965. The Bertz CT molecular complexity index is 612. The second kappa shape index (κ2) is 9.74. The van der Waals surface area contributed by atoms with Crippen LogP contribution < -0.4 is 28.7 Å². The lowest BCUT2D eigenvalue weighted by molar-refractivity contribution is -0.947. The molecule has 0 N–H and O–H groups in total. The maximum absolute atomic E-state index is 12.1. The number of rotatable bonds is 5. The van der Waals surface area contributed by atoms with Crippen LogP contribution in [0.1, 0.15) is 37.7 Å². The third kappa shape index (κ3) is 5.22. The first-order chi connectivity index (χ1) is 12.1. The standard InChI is InChI=1S/C21H30NO3.HI/c1-22-14-4-3-7-20(22)18(6-5-15-22)16-25-21(23)13-10-17-8-11-19(24-2)12-9-17;/h8-13,18,20H,3-7,14-16H2,1-2H3;1H/q+1;/p-1/b13-10+;/t18-,20+,22?;/m0./s1. The lowest BCUT2D eigenvalue weighted by Crippen LogP contribution is -3.00. The summed E-state index contributed by atoms with van der Waals surface area (Å²) in [6, 6.07) is 8.29. The number of fused-ring (bicyclic) bond motifs is 1. The molecule has 2 fully saturated rings. The first-order valence-corrected chi connectivity index (χ1v) is 9.44. The van der Waals surface area contributed by atoms with Crippen molar-refractivity contribution in [3.8, 4) is 5.75 Å². The Morgan fingerprint density at radius 1 is 1.15 bits per heavy atom. The minimum atomic E-state index is -0.244. The fraction of sp³-hybridized carbons (Fsp3) is 0.571. The molecule has 1 unspecified atom stereocenters. The number of nitrogens with zero attached hydrogens (tertiary/aromatic N) is 1. The topological polar surface area (TPSA) is 35.5 Å². The normalized spacial score (nSPS) is 28.1. The number of piperidine rings is 2. The maximum atomic E-state index is 12.1. The molecule has 0 saturated carbocycles. The van der Waals surface area contributed by atoms with Gasteiger partial charge in [0.2, 0.25) is 0 Å². The predicted octanol–water partition coefficient (Wildman–Crippen LogP) is 0.665. The molecule has 0 aliphatic carbocycles. The van der Waals surface area contributed by atoms with Crippen molar-refractivity contribution >= 4 is 12.0 Å². The number of methoxy groups -OCH3 is 1. The van der Waals surface area contributed by atoms with E-state index >= 15 is 0 Å². The molecule has 144 valence electrons. The van der Waals surface area contributed by atoms with Gasteiger partial charge in [0.1, 0.15) is 12.4 Å². The van der Waals surface area contributed by atoms with Crippen LogP contribution in [0.4, 0.5) is 0 Å². The molecule has 0 amide bonds. The molecule has 0 spiro atoms. The van der Waals surface area contributed by atoms with E-state index in [4.69, 9.17) is 9.47 Å². The van der Waals surface area contributed by atoms with E-state index in [-0.39, 0.29) is 29.9 Å². The summed E-state index contributed by atoms with van der Waals surface area (Å²) >= 11 is 0. The minimum absolute atomic E-state index is 0. The molecule has 3 rings (SSSR count). The van der Waals surface area contributed by atoms with Crippen molar-refractivity contribution < 1.29 is 42.7 Å². The predicted molar refractivity (Wildman–Crippen MR) is 99.3 cm³/mol. The van der Waals surface area contributed by atoms with Crippen molar-refractivity contribution in [1.82, 2.24) is 0 Å². The van der Waals surface area contributed by atoms with E-state index in [1.165, 1.54) is 55.8 Å². The molecule has 5 heteroatoms. The number of hydrogen-bond acceptors (Lipinski definition) is 3.